The van der Waals surface area contributed by atoms with Crippen LogP contribution in [0.5, 0.6) is 5.75 Å². The number of rotatable bonds is 4. The van der Waals surface area contributed by atoms with Gasteiger partial charge in [-0.25, -0.2) is 14.2 Å². The van der Waals surface area contributed by atoms with Crippen molar-refractivity contribution in [3.63, 3.8) is 0 Å². The van der Waals surface area contributed by atoms with Gasteiger partial charge in [-0.2, -0.15) is 0 Å². The van der Waals surface area contributed by atoms with Crippen molar-refractivity contribution in [3.05, 3.63) is 36.1 Å². The second kappa shape index (κ2) is 5.51. The third kappa shape index (κ3) is 2.57. The number of benzene rings is 1. The zero-order chi connectivity index (χ0) is 13.8. The van der Waals surface area contributed by atoms with E-state index in [0.29, 0.717) is 5.56 Å². The Hall–Kier alpha value is -2.37. The molecule has 5 nitrogen and oxygen atoms in total. The van der Waals surface area contributed by atoms with Crippen molar-refractivity contribution in [3.8, 4) is 17.1 Å². The van der Waals surface area contributed by atoms with Gasteiger partial charge in [0.05, 0.1) is 13.7 Å². The van der Waals surface area contributed by atoms with Crippen LogP contribution in [0, 0.1) is 5.82 Å². The molecule has 0 aliphatic carbocycles. The Bertz CT molecular complexity index is 594. The first-order chi connectivity index (χ1) is 9.17. The number of aromatic nitrogens is 1. The summed E-state index contributed by atoms with van der Waals surface area (Å²) < 4.78 is 28.2. The number of esters is 1. The van der Waals surface area contributed by atoms with E-state index in [1.165, 1.54) is 25.3 Å². The average molecular weight is 265 g/mol. The van der Waals surface area contributed by atoms with Crippen LogP contribution in [0.2, 0.25) is 0 Å². The van der Waals surface area contributed by atoms with Crippen LogP contribution in [0.4, 0.5) is 4.39 Å². The van der Waals surface area contributed by atoms with Crippen LogP contribution in [-0.4, -0.2) is 24.7 Å². The van der Waals surface area contributed by atoms with Gasteiger partial charge in [-0.3, -0.25) is 0 Å². The Labute approximate surface area is 109 Å². The monoisotopic (exact) mass is 265 g/mol. The molecule has 0 radical (unpaired) electrons. The third-order valence-electron chi connectivity index (χ3n) is 2.45. The highest BCUT2D eigenvalue weighted by Gasteiger charge is 2.20. The zero-order valence-electron chi connectivity index (χ0n) is 10.5. The number of ether oxygens (including phenoxy) is 2. The molecule has 0 saturated heterocycles. The van der Waals surface area contributed by atoms with Crippen LogP contribution in [0.3, 0.4) is 0 Å². The molecule has 0 aliphatic rings. The normalized spacial score (nSPS) is 10.3. The second-order valence-electron chi connectivity index (χ2n) is 3.60. The van der Waals surface area contributed by atoms with Crippen molar-refractivity contribution >= 4 is 5.97 Å². The molecular formula is C13H12FNO4. The number of halogens is 1. The molecule has 1 aromatic heterocycles. The molecule has 2 aromatic rings. The van der Waals surface area contributed by atoms with E-state index in [0.717, 1.165) is 6.39 Å². The van der Waals surface area contributed by atoms with Gasteiger partial charge >= 0.3 is 5.97 Å². The lowest BCUT2D eigenvalue weighted by Crippen LogP contribution is -2.06. The van der Waals surface area contributed by atoms with Crippen molar-refractivity contribution in [2.24, 2.45) is 0 Å². The summed E-state index contributed by atoms with van der Waals surface area (Å²) in [6.45, 7) is 1.93. The van der Waals surface area contributed by atoms with Gasteiger partial charge in [-0.05, 0) is 25.1 Å². The first kappa shape index (κ1) is 13.1. The fourth-order valence-corrected chi connectivity index (χ4v) is 1.60. The highest BCUT2D eigenvalue weighted by molar-refractivity contribution is 5.93. The average Bonchev–Trinajstić information content (AvgIpc) is 2.89. The van der Waals surface area contributed by atoms with E-state index in [-0.39, 0.29) is 23.8 Å². The summed E-state index contributed by atoms with van der Waals surface area (Å²) in [6.07, 6.45) is 1.14. The number of hydrogen-bond donors (Lipinski definition) is 0. The summed E-state index contributed by atoms with van der Waals surface area (Å²) in [6, 6.07) is 4.13. The van der Waals surface area contributed by atoms with Gasteiger partial charge in [0.15, 0.2) is 29.4 Å². The van der Waals surface area contributed by atoms with E-state index < -0.39 is 11.8 Å². The van der Waals surface area contributed by atoms with Gasteiger partial charge in [0, 0.05) is 5.56 Å². The predicted octanol–water partition coefficient (Wildman–Crippen LogP) is 2.67. The van der Waals surface area contributed by atoms with E-state index in [1.807, 2.05) is 0 Å². The minimum absolute atomic E-state index is 0.0514. The van der Waals surface area contributed by atoms with Crippen LogP contribution in [-0.2, 0) is 4.74 Å². The molecule has 0 spiro atoms. The first-order valence-electron chi connectivity index (χ1n) is 5.62. The molecule has 0 unspecified atom stereocenters. The third-order valence-corrected chi connectivity index (χ3v) is 2.45. The quantitative estimate of drug-likeness (QED) is 0.795. The Morgan fingerprint density at radius 2 is 2.26 bits per heavy atom. The van der Waals surface area contributed by atoms with Crippen molar-refractivity contribution in [1.82, 2.24) is 4.98 Å². The molecule has 2 rings (SSSR count). The van der Waals surface area contributed by atoms with Crippen molar-refractivity contribution in [2.75, 3.05) is 13.7 Å². The summed E-state index contributed by atoms with van der Waals surface area (Å²) in [5.74, 6) is -0.807. The van der Waals surface area contributed by atoms with E-state index in [2.05, 4.69) is 4.98 Å². The molecule has 19 heavy (non-hydrogen) atoms. The van der Waals surface area contributed by atoms with Crippen LogP contribution >= 0.6 is 0 Å². The lowest BCUT2D eigenvalue weighted by molar-refractivity contribution is 0.0520. The number of hydrogen-bond acceptors (Lipinski definition) is 5. The van der Waals surface area contributed by atoms with Gasteiger partial charge < -0.3 is 13.9 Å². The molecule has 1 aromatic carbocycles. The lowest BCUT2D eigenvalue weighted by atomic mass is 10.1. The molecule has 0 atom stereocenters. The van der Waals surface area contributed by atoms with E-state index in [4.69, 9.17) is 13.9 Å². The standard InChI is InChI=1S/C13H12FNO4/c1-3-18-13(16)11-12(19-7-15-11)8-4-5-9(14)10(6-8)17-2/h4-7H,3H2,1-2H3. The van der Waals surface area contributed by atoms with Gasteiger partial charge in [-0.15, -0.1) is 0 Å². The Morgan fingerprint density at radius 3 is 2.95 bits per heavy atom. The van der Waals surface area contributed by atoms with E-state index in [9.17, 15) is 9.18 Å². The summed E-state index contributed by atoms with van der Waals surface area (Å²) in [5.41, 5.74) is 0.536. The molecule has 6 heteroatoms. The fourth-order valence-electron chi connectivity index (χ4n) is 1.60. The smallest absolute Gasteiger partial charge is 0.360 e. The Kier molecular flexibility index (Phi) is 3.79. The van der Waals surface area contributed by atoms with E-state index >= 15 is 0 Å². The molecule has 0 saturated carbocycles. The van der Waals surface area contributed by atoms with Gasteiger partial charge in [0.2, 0.25) is 0 Å². The Morgan fingerprint density at radius 1 is 1.47 bits per heavy atom. The highest BCUT2D eigenvalue weighted by Crippen LogP contribution is 2.28. The van der Waals surface area contributed by atoms with Gasteiger partial charge in [0.25, 0.3) is 0 Å². The molecule has 0 aliphatic heterocycles. The summed E-state index contributed by atoms with van der Waals surface area (Å²) in [7, 11) is 1.36. The molecule has 0 N–H and O–H groups in total. The molecule has 100 valence electrons. The predicted molar refractivity (Wildman–Crippen MR) is 64.4 cm³/mol. The maximum absolute atomic E-state index is 13.3. The number of methoxy groups -OCH3 is 1. The van der Waals surface area contributed by atoms with Gasteiger partial charge in [0.1, 0.15) is 0 Å². The van der Waals surface area contributed by atoms with Crippen molar-refractivity contribution in [1.29, 1.82) is 0 Å². The highest BCUT2D eigenvalue weighted by atomic mass is 19.1. The van der Waals surface area contributed by atoms with E-state index in [1.54, 1.807) is 6.92 Å². The minimum atomic E-state index is -0.588. The zero-order valence-corrected chi connectivity index (χ0v) is 10.5. The summed E-state index contributed by atoms with van der Waals surface area (Å²) >= 11 is 0. The maximum Gasteiger partial charge on any atom is 0.360 e. The Balaban J connectivity index is 2.42. The van der Waals surface area contributed by atoms with Crippen molar-refractivity contribution < 1.29 is 23.1 Å². The summed E-state index contributed by atoms with van der Waals surface area (Å²) in [4.78, 5) is 15.5. The largest absolute Gasteiger partial charge is 0.494 e. The molecule has 0 fully saturated rings. The number of oxazole rings is 1. The van der Waals surface area contributed by atoms with Crippen LogP contribution in [0.15, 0.2) is 29.0 Å². The van der Waals surface area contributed by atoms with Crippen molar-refractivity contribution in [2.45, 2.75) is 6.92 Å². The van der Waals surface area contributed by atoms with Gasteiger partial charge in [-0.1, -0.05) is 0 Å². The maximum atomic E-state index is 13.3. The molecule has 1 heterocycles. The topological polar surface area (TPSA) is 61.6 Å². The number of nitrogens with zero attached hydrogens (tertiary/aromatic N) is 1. The fraction of sp³-hybridized carbons (Fsp3) is 0.231. The molecule has 0 bridgehead atoms. The number of carbonyl (C=O) groups is 1. The van der Waals surface area contributed by atoms with Crippen LogP contribution in [0.1, 0.15) is 17.4 Å². The molecular weight excluding hydrogens is 253 g/mol. The minimum Gasteiger partial charge on any atom is -0.494 e. The lowest BCUT2D eigenvalue weighted by Gasteiger charge is -2.05. The van der Waals surface area contributed by atoms with Crippen LogP contribution < -0.4 is 4.74 Å². The summed E-state index contributed by atoms with van der Waals surface area (Å²) in [5, 5.41) is 0. The number of carbonyl (C=O) groups excluding carboxylic acids is 1. The first-order valence-corrected chi connectivity index (χ1v) is 5.62. The second-order valence-corrected chi connectivity index (χ2v) is 3.60. The van der Waals surface area contributed by atoms with Crippen LogP contribution in [0.25, 0.3) is 11.3 Å². The SMILES string of the molecule is CCOC(=O)c1ncoc1-c1ccc(F)c(OC)c1. The molecule has 0 amide bonds.